The van der Waals surface area contributed by atoms with Crippen molar-refractivity contribution in [1.82, 2.24) is 0 Å². The topological polar surface area (TPSA) is 30.2 Å². The predicted molar refractivity (Wildman–Crippen MR) is 51.8 cm³/mol. The summed E-state index contributed by atoms with van der Waals surface area (Å²) in [5.41, 5.74) is 0. The Balaban J connectivity index is 2.79. The maximum Gasteiger partial charge on any atom is 0.201 e. The van der Waals surface area contributed by atoms with Crippen LogP contribution in [0.3, 0.4) is 0 Å². The van der Waals surface area contributed by atoms with Crippen LogP contribution in [0.4, 0.5) is 0 Å². The van der Waals surface area contributed by atoms with Gasteiger partial charge >= 0.3 is 0 Å². The Labute approximate surface area is 78.9 Å². The molecule has 0 bridgehead atoms. The van der Waals surface area contributed by atoms with Gasteiger partial charge in [-0.15, -0.1) is 0 Å². The lowest BCUT2D eigenvalue weighted by Gasteiger charge is -2.11. The third kappa shape index (κ3) is 2.20. The summed E-state index contributed by atoms with van der Waals surface area (Å²) < 4.78 is 5.27. The Morgan fingerprint density at radius 2 is 1.92 bits per heavy atom. The third-order valence-corrected chi connectivity index (χ3v) is 2.40. The predicted octanol–water partition coefficient (Wildman–Crippen LogP) is 3.06. The van der Waals surface area contributed by atoms with E-state index in [2.05, 4.69) is 0 Å². The number of ketones is 1. The van der Waals surface area contributed by atoms with Gasteiger partial charge in [-0.3, -0.25) is 4.79 Å². The van der Waals surface area contributed by atoms with Gasteiger partial charge in [-0.25, -0.2) is 0 Å². The minimum absolute atomic E-state index is 0.0329. The van der Waals surface area contributed by atoms with Crippen molar-refractivity contribution in [3.63, 3.8) is 0 Å². The molecule has 1 unspecified atom stereocenters. The van der Waals surface area contributed by atoms with Crippen molar-refractivity contribution in [2.45, 2.75) is 27.7 Å². The number of hydrogen-bond donors (Lipinski definition) is 0. The van der Waals surface area contributed by atoms with E-state index in [1.165, 1.54) is 0 Å². The summed E-state index contributed by atoms with van der Waals surface area (Å²) in [4.78, 5) is 11.7. The Kier molecular flexibility index (Phi) is 2.91. The third-order valence-electron chi connectivity index (χ3n) is 2.40. The maximum atomic E-state index is 11.7. The molecule has 1 aromatic heterocycles. The Bertz CT molecular complexity index is 297. The fourth-order valence-corrected chi connectivity index (χ4v) is 1.09. The van der Waals surface area contributed by atoms with E-state index in [9.17, 15) is 4.79 Å². The summed E-state index contributed by atoms with van der Waals surface area (Å²) in [6.45, 7) is 7.86. The van der Waals surface area contributed by atoms with E-state index in [1.807, 2.05) is 33.8 Å². The highest BCUT2D eigenvalue weighted by Gasteiger charge is 2.20. The zero-order valence-corrected chi connectivity index (χ0v) is 8.63. The molecule has 2 heteroatoms. The first-order chi connectivity index (χ1) is 6.02. The summed E-state index contributed by atoms with van der Waals surface area (Å²) in [5.74, 6) is 1.77. The van der Waals surface area contributed by atoms with Crippen LogP contribution in [-0.4, -0.2) is 5.78 Å². The summed E-state index contributed by atoms with van der Waals surface area (Å²) in [7, 11) is 0. The molecule has 2 nitrogen and oxygen atoms in total. The molecule has 0 aromatic carbocycles. The number of rotatable bonds is 3. The first-order valence-electron chi connectivity index (χ1n) is 4.63. The zero-order chi connectivity index (χ0) is 10.0. The SMILES string of the molecule is Cc1ccc(C(=O)C(C)C(C)C)o1. The molecule has 72 valence electrons. The van der Waals surface area contributed by atoms with Crippen LogP contribution < -0.4 is 0 Å². The van der Waals surface area contributed by atoms with Crippen LogP contribution in [0.1, 0.15) is 37.1 Å². The lowest BCUT2D eigenvalue weighted by Crippen LogP contribution is -2.16. The van der Waals surface area contributed by atoms with Crippen molar-refractivity contribution in [2.75, 3.05) is 0 Å². The standard InChI is InChI=1S/C11H16O2/c1-7(2)9(4)11(12)10-6-5-8(3)13-10/h5-7,9H,1-4H3. The molecular weight excluding hydrogens is 164 g/mol. The molecule has 0 saturated carbocycles. The first kappa shape index (κ1) is 10.0. The van der Waals surface area contributed by atoms with Gasteiger partial charge in [0.05, 0.1) is 0 Å². The molecule has 1 rings (SSSR count). The van der Waals surface area contributed by atoms with Gasteiger partial charge in [0.25, 0.3) is 0 Å². The van der Waals surface area contributed by atoms with E-state index < -0.39 is 0 Å². The number of carbonyl (C=O) groups excluding carboxylic acids is 1. The first-order valence-corrected chi connectivity index (χ1v) is 4.63. The number of carbonyl (C=O) groups is 1. The second-order valence-corrected chi connectivity index (χ2v) is 3.81. The van der Waals surface area contributed by atoms with Crippen LogP contribution in [0.25, 0.3) is 0 Å². The second kappa shape index (κ2) is 3.77. The highest BCUT2D eigenvalue weighted by Crippen LogP contribution is 2.18. The lowest BCUT2D eigenvalue weighted by atomic mass is 9.92. The summed E-state index contributed by atoms with van der Waals surface area (Å²) in [6, 6.07) is 3.57. The number of aryl methyl sites for hydroxylation is 1. The molecule has 1 aromatic rings. The van der Waals surface area contributed by atoms with E-state index >= 15 is 0 Å². The van der Waals surface area contributed by atoms with Crippen LogP contribution in [0.15, 0.2) is 16.5 Å². The normalized spacial score (nSPS) is 13.3. The molecule has 1 atom stereocenters. The highest BCUT2D eigenvalue weighted by atomic mass is 16.3. The molecule has 0 N–H and O–H groups in total. The van der Waals surface area contributed by atoms with Crippen molar-refractivity contribution >= 4 is 5.78 Å². The van der Waals surface area contributed by atoms with Crippen molar-refractivity contribution in [3.05, 3.63) is 23.7 Å². The molecule has 0 spiro atoms. The van der Waals surface area contributed by atoms with Crippen LogP contribution in [0.2, 0.25) is 0 Å². The average molecular weight is 180 g/mol. The molecule has 13 heavy (non-hydrogen) atoms. The Morgan fingerprint density at radius 3 is 2.31 bits per heavy atom. The summed E-state index contributed by atoms with van der Waals surface area (Å²) in [5, 5.41) is 0. The molecule has 0 aliphatic heterocycles. The lowest BCUT2D eigenvalue weighted by molar-refractivity contribution is 0.0869. The highest BCUT2D eigenvalue weighted by molar-refractivity contribution is 5.95. The van der Waals surface area contributed by atoms with Gasteiger partial charge in [-0.05, 0) is 25.0 Å². The van der Waals surface area contributed by atoms with Crippen LogP contribution in [0.5, 0.6) is 0 Å². The average Bonchev–Trinajstić information content (AvgIpc) is 2.49. The zero-order valence-electron chi connectivity index (χ0n) is 8.63. The van der Waals surface area contributed by atoms with Gasteiger partial charge in [0.2, 0.25) is 5.78 Å². The fraction of sp³-hybridized carbons (Fsp3) is 0.545. The van der Waals surface area contributed by atoms with Crippen molar-refractivity contribution in [1.29, 1.82) is 0 Å². The van der Waals surface area contributed by atoms with Crippen LogP contribution in [-0.2, 0) is 0 Å². The molecule has 0 aliphatic carbocycles. The fourth-order valence-electron chi connectivity index (χ4n) is 1.09. The summed E-state index contributed by atoms with van der Waals surface area (Å²) in [6.07, 6.45) is 0. The van der Waals surface area contributed by atoms with Crippen molar-refractivity contribution < 1.29 is 9.21 Å². The van der Waals surface area contributed by atoms with Gasteiger partial charge in [-0.1, -0.05) is 20.8 Å². The maximum absolute atomic E-state index is 11.7. The Morgan fingerprint density at radius 1 is 1.31 bits per heavy atom. The Hall–Kier alpha value is -1.05. The summed E-state index contributed by atoms with van der Waals surface area (Å²) >= 11 is 0. The van der Waals surface area contributed by atoms with E-state index in [0.29, 0.717) is 11.7 Å². The monoisotopic (exact) mass is 180 g/mol. The minimum Gasteiger partial charge on any atom is -0.458 e. The molecule has 0 radical (unpaired) electrons. The van der Waals surface area contributed by atoms with Gasteiger partial charge < -0.3 is 4.42 Å². The molecular formula is C11H16O2. The molecule has 0 saturated heterocycles. The smallest absolute Gasteiger partial charge is 0.201 e. The van der Waals surface area contributed by atoms with Gasteiger partial charge in [-0.2, -0.15) is 0 Å². The van der Waals surface area contributed by atoms with Crippen LogP contribution in [0, 0.1) is 18.8 Å². The molecule has 0 aliphatic rings. The molecule has 0 amide bonds. The van der Waals surface area contributed by atoms with E-state index in [-0.39, 0.29) is 11.7 Å². The minimum atomic E-state index is 0.0329. The van der Waals surface area contributed by atoms with Crippen LogP contribution >= 0.6 is 0 Å². The van der Waals surface area contributed by atoms with E-state index in [0.717, 1.165) is 5.76 Å². The molecule has 0 fully saturated rings. The quantitative estimate of drug-likeness (QED) is 0.669. The van der Waals surface area contributed by atoms with Gasteiger partial charge in [0, 0.05) is 5.92 Å². The number of hydrogen-bond acceptors (Lipinski definition) is 2. The van der Waals surface area contributed by atoms with Gasteiger partial charge in [0.15, 0.2) is 5.76 Å². The van der Waals surface area contributed by atoms with E-state index in [1.54, 1.807) is 6.07 Å². The van der Waals surface area contributed by atoms with Crippen molar-refractivity contribution in [2.24, 2.45) is 11.8 Å². The van der Waals surface area contributed by atoms with Gasteiger partial charge in [0.1, 0.15) is 5.76 Å². The second-order valence-electron chi connectivity index (χ2n) is 3.81. The van der Waals surface area contributed by atoms with E-state index in [4.69, 9.17) is 4.42 Å². The van der Waals surface area contributed by atoms with Crippen molar-refractivity contribution in [3.8, 4) is 0 Å². The number of furan rings is 1. The number of Topliss-reactive ketones (excluding diaryl/α,β-unsaturated/α-hetero) is 1. The largest absolute Gasteiger partial charge is 0.458 e. The molecule has 1 heterocycles.